The molecular weight excluding hydrogens is 352 g/mol. The Morgan fingerprint density at radius 3 is 2.58 bits per heavy atom. The summed E-state index contributed by atoms with van der Waals surface area (Å²) in [5.41, 5.74) is 2.80. The number of carboxylic acids is 1. The molecule has 0 saturated carbocycles. The third kappa shape index (κ3) is 4.07. The molecule has 0 aliphatic carbocycles. The maximum Gasteiger partial charge on any atom is 0.336 e. The zero-order valence-electron chi connectivity index (χ0n) is 13.9. The van der Waals surface area contributed by atoms with E-state index < -0.39 is 11.6 Å². The monoisotopic (exact) mass is 368 g/mol. The number of thiocarbonyl (C=S) groups is 1. The molecule has 0 bridgehead atoms. The highest BCUT2D eigenvalue weighted by Crippen LogP contribution is 2.20. The molecule has 6 nitrogen and oxygen atoms in total. The second kappa shape index (κ2) is 7.37. The molecule has 7 heteroatoms. The summed E-state index contributed by atoms with van der Waals surface area (Å²) in [6.45, 7) is 2.31. The van der Waals surface area contributed by atoms with E-state index in [9.17, 15) is 9.59 Å². The van der Waals surface area contributed by atoms with Gasteiger partial charge in [0.1, 0.15) is 5.58 Å². The van der Waals surface area contributed by atoms with E-state index in [-0.39, 0.29) is 5.56 Å². The van der Waals surface area contributed by atoms with Crippen LogP contribution in [-0.4, -0.2) is 16.2 Å². The number of carboxylic acid groups (broad SMARTS) is 1. The molecule has 1 aromatic heterocycles. The lowest BCUT2D eigenvalue weighted by Gasteiger charge is -2.11. The van der Waals surface area contributed by atoms with Gasteiger partial charge in [-0.3, -0.25) is 0 Å². The fourth-order valence-electron chi connectivity index (χ4n) is 2.53. The lowest BCUT2D eigenvalue weighted by molar-refractivity contribution is 0.0697. The van der Waals surface area contributed by atoms with Gasteiger partial charge in [0.25, 0.3) is 0 Å². The molecule has 2 aromatic carbocycles. The molecule has 0 aliphatic rings. The number of anilines is 1. The van der Waals surface area contributed by atoms with Gasteiger partial charge in [0.15, 0.2) is 5.11 Å². The van der Waals surface area contributed by atoms with Crippen LogP contribution in [0.4, 0.5) is 5.69 Å². The number of nitrogens with one attached hydrogen (secondary N) is 2. The van der Waals surface area contributed by atoms with Crippen molar-refractivity contribution in [3.8, 4) is 0 Å². The van der Waals surface area contributed by atoms with E-state index in [0.29, 0.717) is 22.9 Å². The lowest BCUT2D eigenvalue weighted by Crippen LogP contribution is -2.27. The molecule has 0 radical (unpaired) electrons. The van der Waals surface area contributed by atoms with Crippen molar-refractivity contribution in [2.75, 3.05) is 5.32 Å². The summed E-state index contributed by atoms with van der Waals surface area (Å²) in [5.74, 6) is -0.958. The van der Waals surface area contributed by atoms with Gasteiger partial charge in [-0.15, -0.1) is 0 Å². The van der Waals surface area contributed by atoms with Crippen LogP contribution >= 0.6 is 12.2 Å². The van der Waals surface area contributed by atoms with Gasteiger partial charge in [-0.25, -0.2) is 9.59 Å². The zero-order chi connectivity index (χ0) is 18.7. The Kier molecular flexibility index (Phi) is 4.99. The van der Waals surface area contributed by atoms with E-state index in [1.807, 2.05) is 19.1 Å². The van der Waals surface area contributed by atoms with Gasteiger partial charge in [-0.1, -0.05) is 12.1 Å². The van der Waals surface area contributed by atoms with Crippen LogP contribution in [0.25, 0.3) is 11.0 Å². The number of aryl methyl sites for hydroxylation is 1. The van der Waals surface area contributed by atoms with Crippen molar-refractivity contribution in [3.63, 3.8) is 0 Å². The average molecular weight is 368 g/mol. The number of hydrogen-bond donors (Lipinski definition) is 3. The highest BCUT2D eigenvalue weighted by molar-refractivity contribution is 7.80. The number of hydrogen-bond acceptors (Lipinski definition) is 4. The van der Waals surface area contributed by atoms with Crippen LogP contribution in [0.5, 0.6) is 0 Å². The van der Waals surface area contributed by atoms with Gasteiger partial charge in [0.05, 0.1) is 5.56 Å². The van der Waals surface area contributed by atoms with Gasteiger partial charge in [-0.2, -0.15) is 0 Å². The Balaban J connectivity index is 1.65. The molecule has 0 unspecified atom stereocenters. The molecule has 132 valence electrons. The molecule has 0 saturated heterocycles. The van der Waals surface area contributed by atoms with Crippen molar-refractivity contribution in [2.45, 2.75) is 13.5 Å². The number of aromatic carboxylic acids is 1. The van der Waals surface area contributed by atoms with Crippen LogP contribution in [0.15, 0.2) is 57.7 Å². The molecule has 0 atom stereocenters. The fraction of sp³-hybridized carbons (Fsp3) is 0.105. The molecule has 3 aromatic rings. The summed E-state index contributed by atoms with van der Waals surface area (Å²) < 4.78 is 5.22. The van der Waals surface area contributed by atoms with E-state index >= 15 is 0 Å². The first-order valence-corrected chi connectivity index (χ1v) is 8.25. The Labute approximate surface area is 154 Å². The van der Waals surface area contributed by atoms with E-state index in [1.165, 1.54) is 6.07 Å². The Morgan fingerprint density at radius 2 is 1.88 bits per heavy atom. The van der Waals surface area contributed by atoms with Crippen LogP contribution in [0.2, 0.25) is 0 Å². The summed E-state index contributed by atoms with van der Waals surface area (Å²) in [6, 6.07) is 13.4. The van der Waals surface area contributed by atoms with Crippen molar-refractivity contribution in [2.24, 2.45) is 0 Å². The first-order valence-electron chi connectivity index (χ1n) is 7.84. The zero-order valence-corrected chi connectivity index (χ0v) is 14.7. The number of rotatable bonds is 4. The Bertz CT molecular complexity index is 1040. The van der Waals surface area contributed by atoms with Crippen LogP contribution in [0, 0.1) is 6.92 Å². The number of benzene rings is 2. The molecule has 3 N–H and O–H groups in total. The maximum atomic E-state index is 11.5. The quantitative estimate of drug-likeness (QED) is 0.481. The first-order chi connectivity index (χ1) is 12.4. The summed E-state index contributed by atoms with van der Waals surface area (Å²) in [7, 11) is 0. The van der Waals surface area contributed by atoms with Crippen molar-refractivity contribution in [1.82, 2.24) is 5.32 Å². The fourth-order valence-corrected chi connectivity index (χ4v) is 2.72. The van der Waals surface area contributed by atoms with Crippen LogP contribution in [0.3, 0.4) is 0 Å². The minimum Gasteiger partial charge on any atom is -0.478 e. The van der Waals surface area contributed by atoms with Gasteiger partial charge < -0.3 is 20.2 Å². The topological polar surface area (TPSA) is 91.6 Å². The van der Waals surface area contributed by atoms with E-state index in [1.54, 1.807) is 30.3 Å². The van der Waals surface area contributed by atoms with E-state index in [2.05, 4.69) is 10.6 Å². The molecule has 1 heterocycles. The first kappa shape index (κ1) is 17.6. The molecule has 0 amide bonds. The molecular formula is C19H16N2O4S. The second-order valence-corrected chi connectivity index (χ2v) is 6.18. The predicted octanol–water partition coefficient (Wildman–Crippen LogP) is 3.29. The van der Waals surface area contributed by atoms with Crippen molar-refractivity contribution < 1.29 is 14.3 Å². The van der Waals surface area contributed by atoms with Crippen LogP contribution < -0.4 is 16.3 Å². The largest absolute Gasteiger partial charge is 0.478 e. The number of fused-ring (bicyclic) bond motifs is 1. The average Bonchev–Trinajstić information content (AvgIpc) is 2.60. The number of carbonyl (C=O) groups is 1. The molecule has 0 fully saturated rings. The summed E-state index contributed by atoms with van der Waals surface area (Å²) in [5, 5.41) is 16.3. The molecule has 0 spiro atoms. The van der Waals surface area contributed by atoms with E-state index in [0.717, 1.165) is 16.5 Å². The van der Waals surface area contributed by atoms with Gasteiger partial charge in [0.2, 0.25) is 0 Å². The predicted molar refractivity (Wildman–Crippen MR) is 104 cm³/mol. The van der Waals surface area contributed by atoms with Crippen molar-refractivity contribution in [3.05, 3.63) is 75.6 Å². The van der Waals surface area contributed by atoms with Gasteiger partial charge in [-0.05, 0) is 54.5 Å². The minimum atomic E-state index is -0.958. The molecule has 3 rings (SSSR count). The molecule has 0 aliphatic heterocycles. The minimum absolute atomic E-state index is 0.238. The summed E-state index contributed by atoms with van der Waals surface area (Å²) in [6.07, 6.45) is 0. The standard InChI is InChI=1S/C19H16N2O4S/c1-11-8-17(22)25-16-9-14(6-7-15(11)16)21-19(26)20-10-12-2-4-13(5-3-12)18(23)24/h2-9H,10H2,1H3,(H,23,24)(H2,20,21,26). The third-order valence-corrected chi connectivity index (χ3v) is 4.11. The normalized spacial score (nSPS) is 10.5. The van der Waals surface area contributed by atoms with Crippen LogP contribution in [-0.2, 0) is 6.54 Å². The second-order valence-electron chi connectivity index (χ2n) is 5.77. The maximum absolute atomic E-state index is 11.5. The lowest BCUT2D eigenvalue weighted by atomic mass is 10.1. The Morgan fingerprint density at radius 1 is 1.15 bits per heavy atom. The highest BCUT2D eigenvalue weighted by atomic mass is 32.1. The summed E-state index contributed by atoms with van der Waals surface area (Å²) in [4.78, 5) is 22.3. The molecule has 26 heavy (non-hydrogen) atoms. The SMILES string of the molecule is Cc1cc(=O)oc2cc(NC(=S)NCc3ccc(C(=O)O)cc3)ccc12. The Hall–Kier alpha value is -3.19. The third-order valence-electron chi connectivity index (χ3n) is 3.86. The van der Waals surface area contributed by atoms with Crippen LogP contribution in [0.1, 0.15) is 21.5 Å². The van der Waals surface area contributed by atoms with Crippen molar-refractivity contribution >= 4 is 40.0 Å². The van der Waals surface area contributed by atoms with Gasteiger partial charge in [0, 0.05) is 29.8 Å². The summed E-state index contributed by atoms with van der Waals surface area (Å²) >= 11 is 5.27. The highest BCUT2D eigenvalue weighted by Gasteiger charge is 2.05. The smallest absolute Gasteiger partial charge is 0.336 e. The van der Waals surface area contributed by atoms with E-state index in [4.69, 9.17) is 21.7 Å². The van der Waals surface area contributed by atoms with Crippen molar-refractivity contribution in [1.29, 1.82) is 0 Å². The van der Waals surface area contributed by atoms with Gasteiger partial charge >= 0.3 is 11.6 Å².